The van der Waals surface area contributed by atoms with E-state index in [9.17, 15) is 13.2 Å². The van der Waals surface area contributed by atoms with Crippen LogP contribution in [0, 0.1) is 6.92 Å². The number of rotatable bonds is 5. The Kier molecular flexibility index (Phi) is 5.44. The van der Waals surface area contributed by atoms with E-state index in [1.54, 1.807) is 37.3 Å². The third kappa shape index (κ3) is 4.56. The molecule has 1 N–H and O–H groups in total. The topological polar surface area (TPSA) is 63.2 Å². The van der Waals surface area contributed by atoms with Gasteiger partial charge in [0.1, 0.15) is 5.75 Å². The highest BCUT2D eigenvalue weighted by atomic mass is 35.5. The van der Waals surface area contributed by atoms with Crippen molar-refractivity contribution in [3.8, 4) is 0 Å². The number of nitrogens with one attached hydrogen (secondary N) is 1. The highest BCUT2D eigenvalue weighted by molar-refractivity contribution is 7.92. The molecule has 6 heteroatoms. The van der Waals surface area contributed by atoms with Gasteiger partial charge in [0.2, 0.25) is 5.91 Å². The smallest absolute Gasteiger partial charge is 0.236 e. The third-order valence-corrected chi connectivity index (χ3v) is 5.43. The lowest BCUT2D eigenvalue weighted by molar-refractivity contribution is -0.119. The minimum Gasteiger partial charge on any atom is -0.349 e. The lowest BCUT2D eigenvalue weighted by Crippen LogP contribution is -2.32. The zero-order valence-electron chi connectivity index (χ0n) is 12.9. The number of hydrogen-bond acceptors (Lipinski definition) is 3. The van der Waals surface area contributed by atoms with Crippen LogP contribution in [0.25, 0.3) is 0 Å². The lowest BCUT2D eigenvalue weighted by Gasteiger charge is -2.15. The number of hydrogen-bond donors (Lipinski definition) is 1. The van der Waals surface area contributed by atoms with Gasteiger partial charge in [0.25, 0.3) is 0 Å². The van der Waals surface area contributed by atoms with Crippen LogP contribution < -0.4 is 5.32 Å². The van der Waals surface area contributed by atoms with Crippen molar-refractivity contribution in [3.05, 3.63) is 64.7 Å². The molecule has 0 fully saturated rings. The minimum atomic E-state index is -3.66. The Bertz CT molecular complexity index is 801. The highest BCUT2D eigenvalue weighted by Gasteiger charge is 2.21. The maximum absolute atomic E-state index is 12.3. The van der Waals surface area contributed by atoms with Gasteiger partial charge in [-0.25, -0.2) is 8.42 Å². The van der Waals surface area contributed by atoms with Crippen LogP contribution in [0.3, 0.4) is 0 Å². The zero-order chi connectivity index (χ0) is 17.0. The van der Waals surface area contributed by atoms with E-state index in [1.165, 1.54) is 12.1 Å². The average Bonchev–Trinajstić information content (AvgIpc) is 2.47. The first kappa shape index (κ1) is 17.5. The minimum absolute atomic E-state index is 0.142. The van der Waals surface area contributed by atoms with Crippen LogP contribution in [-0.2, 0) is 14.6 Å². The molecule has 1 amide bonds. The Morgan fingerprint density at radius 2 is 1.74 bits per heavy atom. The molecule has 0 aliphatic heterocycles. The molecule has 0 aliphatic carbocycles. The monoisotopic (exact) mass is 351 g/mol. The summed E-state index contributed by atoms with van der Waals surface area (Å²) in [7, 11) is -3.66. The summed E-state index contributed by atoms with van der Waals surface area (Å²) in [4.78, 5) is 12.2. The van der Waals surface area contributed by atoms with Crippen molar-refractivity contribution in [1.29, 1.82) is 0 Å². The summed E-state index contributed by atoms with van der Waals surface area (Å²) in [6.07, 6.45) is 0. The first-order valence-corrected chi connectivity index (χ1v) is 9.16. The number of sulfone groups is 1. The van der Waals surface area contributed by atoms with E-state index in [1.807, 2.05) is 13.0 Å². The predicted molar refractivity (Wildman–Crippen MR) is 91.2 cm³/mol. The van der Waals surface area contributed by atoms with Gasteiger partial charge in [-0.05, 0) is 37.6 Å². The average molecular weight is 352 g/mol. The summed E-state index contributed by atoms with van der Waals surface area (Å²) in [5.74, 6) is -1.15. The van der Waals surface area contributed by atoms with Crippen molar-refractivity contribution in [2.24, 2.45) is 0 Å². The standard InChI is InChI=1S/C17H18ClNO3S/c1-12-7-9-14(10-8-12)23(21,22)11-17(20)19-13(2)15-5-3-4-6-16(15)18/h3-10,13H,11H2,1-2H3,(H,19,20). The summed E-state index contributed by atoms with van der Waals surface area (Å²) in [5.41, 5.74) is 1.70. The van der Waals surface area contributed by atoms with E-state index < -0.39 is 21.5 Å². The van der Waals surface area contributed by atoms with Crippen LogP contribution in [0.2, 0.25) is 5.02 Å². The van der Waals surface area contributed by atoms with E-state index in [0.29, 0.717) is 5.02 Å². The van der Waals surface area contributed by atoms with Crippen molar-refractivity contribution in [1.82, 2.24) is 5.32 Å². The van der Waals surface area contributed by atoms with E-state index in [2.05, 4.69) is 5.32 Å². The Morgan fingerprint density at radius 3 is 2.35 bits per heavy atom. The molecule has 0 saturated carbocycles. The molecule has 4 nitrogen and oxygen atoms in total. The first-order chi connectivity index (χ1) is 10.8. The van der Waals surface area contributed by atoms with Gasteiger partial charge in [-0.3, -0.25) is 4.79 Å². The highest BCUT2D eigenvalue weighted by Crippen LogP contribution is 2.22. The third-order valence-electron chi connectivity index (χ3n) is 3.45. The van der Waals surface area contributed by atoms with E-state index in [0.717, 1.165) is 11.1 Å². The number of amides is 1. The predicted octanol–water partition coefficient (Wildman–Crippen LogP) is 3.30. The van der Waals surface area contributed by atoms with Crippen molar-refractivity contribution >= 4 is 27.3 Å². The second-order valence-electron chi connectivity index (χ2n) is 5.38. The van der Waals surface area contributed by atoms with Gasteiger partial charge in [-0.2, -0.15) is 0 Å². The Balaban J connectivity index is 2.07. The number of halogens is 1. The van der Waals surface area contributed by atoms with E-state index >= 15 is 0 Å². The molecule has 2 aromatic rings. The molecule has 0 heterocycles. The molecule has 0 radical (unpaired) electrons. The summed E-state index contributed by atoms with van der Waals surface area (Å²) < 4.78 is 24.5. The Labute approximate surface area is 141 Å². The zero-order valence-corrected chi connectivity index (χ0v) is 14.5. The van der Waals surface area contributed by atoms with Crippen LogP contribution in [0.15, 0.2) is 53.4 Å². The van der Waals surface area contributed by atoms with Crippen LogP contribution in [0.1, 0.15) is 24.1 Å². The molecule has 0 aliphatic rings. The van der Waals surface area contributed by atoms with Gasteiger partial charge in [-0.1, -0.05) is 47.5 Å². The normalized spacial score (nSPS) is 12.7. The SMILES string of the molecule is Cc1ccc(S(=O)(=O)CC(=O)NC(C)c2ccccc2Cl)cc1. The number of carbonyl (C=O) groups excluding carboxylic acids is 1. The van der Waals surface area contributed by atoms with Gasteiger partial charge >= 0.3 is 0 Å². The number of benzene rings is 2. The number of carbonyl (C=O) groups is 1. The van der Waals surface area contributed by atoms with Crippen molar-refractivity contribution < 1.29 is 13.2 Å². The summed E-state index contributed by atoms with van der Waals surface area (Å²) in [6, 6.07) is 13.2. The first-order valence-electron chi connectivity index (χ1n) is 7.13. The molecule has 1 atom stereocenters. The van der Waals surface area contributed by atoms with Gasteiger partial charge in [0.15, 0.2) is 9.84 Å². The molecule has 0 bridgehead atoms. The summed E-state index contributed by atoms with van der Waals surface area (Å²) >= 11 is 6.08. The van der Waals surface area contributed by atoms with Crippen molar-refractivity contribution in [3.63, 3.8) is 0 Å². The second kappa shape index (κ2) is 7.15. The van der Waals surface area contributed by atoms with Gasteiger partial charge in [-0.15, -0.1) is 0 Å². The van der Waals surface area contributed by atoms with Gasteiger partial charge < -0.3 is 5.32 Å². The quantitative estimate of drug-likeness (QED) is 0.898. The molecule has 122 valence electrons. The largest absolute Gasteiger partial charge is 0.349 e. The second-order valence-corrected chi connectivity index (χ2v) is 7.78. The molecule has 0 saturated heterocycles. The van der Waals surface area contributed by atoms with Crippen LogP contribution in [0.4, 0.5) is 0 Å². The fraction of sp³-hybridized carbons (Fsp3) is 0.235. The van der Waals surface area contributed by atoms with E-state index in [4.69, 9.17) is 11.6 Å². The molecular formula is C17H18ClNO3S. The van der Waals surface area contributed by atoms with Gasteiger partial charge in [0, 0.05) is 5.02 Å². The molecule has 1 unspecified atom stereocenters. The maximum atomic E-state index is 12.3. The molecule has 0 spiro atoms. The Morgan fingerprint density at radius 1 is 1.13 bits per heavy atom. The van der Waals surface area contributed by atoms with Gasteiger partial charge in [0.05, 0.1) is 10.9 Å². The number of aryl methyl sites for hydroxylation is 1. The van der Waals surface area contributed by atoms with Crippen molar-refractivity contribution in [2.45, 2.75) is 24.8 Å². The summed E-state index contributed by atoms with van der Waals surface area (Å²) in [6.45, 7) is 3.63. The molecule has 2 rings (SSSR count). The molecular weight excluding hydrogens is 334 g/mol. The van der Waals surface area contributed by atoms with Crippen LogP contribution in [0.5, 0.6) is 0 Å². The molecule has 23 heavy (non-hydrogen) atoms. The fourth-order valence-corrected chi connectivity index (χ4v) is 3.63. The molecule has 0 aromatic heterocycles. The molecule has 2 aromatic carbocycles. The fourth-order valence-electron chi connectivity index (χ4n) is 2.19. The summed E-state index contributed by atoms with van der Waals surface area (Å²) in [5, 5.41) is 3.20. The van der Waals surface area contributed by atoms with Crippen molar-refractivity contribution in [2.75, 3.05) is 5.75 Å². The van der Waals surface area contributed by atoms with Crippen LogP contribution in [-0.4, -0.2) is 20.1 Å². The van der Waals surface area contributed by atoms with E-state index in [-0.39, 0.29) is 10.9 Å². The lowest BCUT2D eigenvalue weighted by atomic mass is 10.1. The Hall–Kier alpha value is -1.85. The van der Waals surface area contributed by atoms with Crippen LogP contribution >= 0.6 is 11.6 Å². The maximum Gasteiger partial charge on any atom is 0.236 e.